The summed E-state index contributed by atoms with van der Waals surface area (Å²) in [5.41, 5.74) is 11.4. The first-order valence-electron chi connectivity index (χ1n) is 5.58. The average Bonchev–Trinajstić information content (AvgIpc) is 2.63. The molecular formula is C11H20N4O. The molecule has 0 unspecified atom stereocenters. The number of nitrogen functional groups attached to an aromatic ring is 1. The number of aromatic nitrogens is 2. The largest absolute Gasteiger partial charge is 0.369 e. The Hall–Kier alpha value is -1.36. The summed E-state index contributed by atoms with van der Waals surface area (Å²) in [5, 5.41) is 0. The molecule has 1 atom stereocenters. The Morgan fingerprint density at radius 3 is 2.75 bits per heavy atom. The van der Waals surface area contributed by atoms with Crippen molar-refractivity contribution in [3.8, 4) is 0 Å². The molecule has 5 nitrogen and oxygen atoms in total. The first kappa shape index (κ1) is 12.7. The highest BCUT2D eigenvalue weighted by atomic mass is 16.1. The van der Waals surface area contributed by atoms with Crippen LogP contribution in [0.2, 0.25) is 0 Å². The molecule has 5 heteroatoms. The second kappa shape index (κ2) is 5.65. The van der Waals surface area contributed by atoms with E-state index in [0.29, 0.717) is 12.4 Å². The van der Waals surface area contributed by atoms with E-state index in [1.807, 2.05) is 24.6 Å². The number of hydrogen-bond donors (Lipinski definition) is 2. The molecule has 0 bridgehead atoms. The summed E-state index contributed by atoms with van der Waals surface area (Å²) in [6, 6.07) is -0.357. The van der Waals surface area contributed by atoms with Crippen LogP contribution in [0.3, 0.4) is 0 Å². The van der Waals surface area contributed by atoms with Crippen LogP contribution in [-0.4, -0.2) is 21.4 Å². The Morgan fingerprint density at radius 2 is 2.25 bits per heavy atom. The molecule has 1 aromatic rings. The van der Waals surface area contributed by atoms with E-state index in [1.165, 1.54) is 0 Å². The Morgan fingerprint density at radius 1 is 1.56 bits per heavy atom. The average molecular weight is 224 g/mol. The van der Waals surface area contributed by atoms with Gasteiger partial charge in [0.25, 0.3) is 0 Å². The third kappa shape index (κ3) is 3.34. The summed E-state index contributed by atoms with van der Waals surface area (Å²) in [4.78, 5) is 15.5. The van der Waals surface area contributed by atoms with E-state index in [9.17, 15) is 4.79 Å². The van der Waals surface area contributed by atoms with Crippen molar-refractivity contribution < 1.29 is 4.79 Å². The van der Waals surface area contributed by atoms with E-state index in [1.54, 1.807) is 6.20 Å². The Labute approximate surface area is 95.8 Å². The van der Waals surface area contributed by atoms with Gasteiger partial charge in [-0.15, -0.1) is 0 Å². The lowest BCUT2D eigenvalue weighted by atomic mass is 9.99. The number of anilines is 1. The van der Waals surface area contributed by atoms with Gasteiger partial charge in [0.05, 0.1) is 6.04 Å². The normalized spacial score (nSPS) is 13.0. The number of carbonyl (C=O) groups excluding carboxylic acids is 1. The van der Waals surface area contributed by atoms with Crippen LogP contribution in [-0.2, 0) is 11.3 Å². The van der Waals surface area contributed by atoms with Crippen molar-refractivity contribution in [2.24, 2.45) is 11.7 Å². The molecule has 0 aliphatic heterocycles. The molecule has 0 aliphatic rings. The first-order valence-corrected chi connectivity index (χ1v) is 5.58. The van der Waals surface area contributed by atoms with E-state index >= 15 is 0 Å². The number of nitrogens with zero attached hydrogens (tertiary/aromatic N) is 2. The molecule has 0 fully saturated rings. The molecule has 4 N–H and O–H groups in total. The van der Waals surface area contributed by atoms with Crippen molar-refractivity contribution in [3.05, 3.63) is 12.4 Å². The van der Waals surface area contributed by atoms with Gasteiger partial charge in [0.2, 0.25) is 0 Å². The molecule has 0 radical (unpaired) electrons. The predicted octanol–water partition coefficient (Wildman–Crippen LogP) is 0.798. The van der Waals surface area contributed by atoms with E-state index in [-0.39, 0.29) is 17.7 Å². The van der Waals surface area contributed by atoms with E-state index in [2.05, 4.69) is 4.98 Å². The maximum atomic E-state index is 11.5. The van der Waals surface area contributed by atoms with Crippen LogP contribution < -0.4 is 11.5 Å². The van der Waals surface area contributed by atoms with Gasteiger partial charge in [0.15, 0.2) is 11.7 Å². The lowest BCUT2D eigenvalue weighted by Gasteiger charge is -2.13. The summed E-state index contributed by atoms with van der Waals surface area (Å²) in [5.74, 6) is 0.635. The lowest BCUT2D eigenvalue weighted by Crippen LogP contribution is -2.33. The summed E-state index contributed by atoms with van der Waals surface area (Å²) < 4.78 is 1.85. The molecule has 0 amide bonds. The van der Waals surface area contributed by atoms with Crippen molar-refractivity contribution in [2.75, 3.05) is 5.73 Å². The molecular weight excluding hydrogens is 204 g/mol. The molecule has 0 saturated heterocycles. The number of Topliss-reactive ketones (excluding diaryl/α,β-unsaturated/α-hetero) is 1. The summed E-state index contributed by atoms with van der Waals surface area (Å²) in [6.07, 6.45) is 5.01. The molecule has 1 aromatic heterocycles. The van der Waals surface area contributed by atoms with Gasteiger partial charge in [-0.2, -0.15) is 0 Å². The number of hydrogen-bond acceptors (Lipinski definition) is 4. The van der Waals surface area contributed by atoms with E-state index in [0.717, 1.165) is 13.0 Å². The number of rotatable bonds is 6. The van der Waals surface area contributed by atoms with Crippen LogP contribution in [0.15, 0.2) is 12.4 Å². The van der Waals surface area contributed by atoms with Crippen LogP contribution in [0, 0.1) is 5.92 Å². The zero-order valence-corrected chi connectivity index (χ0v) is 9.89. The minimum Gasteiger partial charge on any atom is -0.369 e. The third-order valence-corrected chi connectivity index (χ3v) is 2.60. The highest BCUT2D eigenvalue weighted by Gasteiger charge is 2.16. The fourth-order valence-electron chi connectivity index (χ4n) is 1.58. The van der Waals surface area contributed by atoms with Gasteiger partial charge in [0, 0.05) is 24.9 Å². The first-order chi connectivity index (χ1) is 7.52. The van der Waals surface area contributed by atoms with Crippen LogP contribution in [0.5, 0.6) is 0 Å². The van der Waals surface area contributed by atoms with Crippen LogP contribution >= 0.6 is 0 Å². The second-order valence-electron chi connectivity index (χ2n) is 4.28. The third-order valence-electron chi connectivity index (χ3n) is 2.60. The maximum absolute atomic E-state index is 11.5. The van der Waals surface area contributed by atoms with Crippen LogP contribution in [0.4, 0.5) is 5.95 Å². The number of ketones is 1. The monoisotopic (exact) mass is 224 g/mol. The van der Waals surface area contributed by atoms with Gasteiger partial charge in [-0.1, -0.05) is 13.8 Å². The molecule has 0 spiro atoms. The van der Waals surface area contributed by atoms with Crippen molar-refractivity contribution in [1.82, 2.24) is 9.55 Å². The van der Waals surface area contributed by atoms with Crippen molar-refractivity contribution in [1.29, 1.82) is 0 Å². The Bertz CT molecular complexity index is 346. The summed E-state index contributed by atoms with van der Waals surface area (Å²) in [6.45, 7) is 4.50. The number of imidazole rings is 1. The van der Waals surface area contributed by atoms with Crippen molar-refractivity contribution >= 4 is 11.7 Å². The number of aryl methyl sites for hydroxylation is 1. The van der Waals surface area contributed by atoms with Crippen LogP contribution in [0.25, 0.3) is 0 Å². The number of carbonyl (C=O) groups is 1. The Balaban J connectivity index is 2.31. The zero-order chi connectivity index (χ0) is 12.1. The van der Waals surface area contributed by atoms with Gasteiger partial charge in [-0.3, -0.25) is 4.79 Å². The fraction of sp³-hybridized carbons (Fsp3) is 0.636. The van der Waals surface area contributed by atoms with Gasteiger partial charge in [-0.25, -0.2) is 4.98 Å². The molecule has 0 aromatic carbocycles. The standard InChI is InChI=1S/C11H20N4O/c1-8(2)10(16)9(12)4-3-6-15-7-5-14-11(15)13/h5,7-9H,3-4,6,12H2,1-2H3,(H2,13,14)/t9-/m1/s1. The van der Waals surface area contributed by atoms with Gasteiger partial charge in [0.1, 0.15) is 0 Å². The SMILES string of the molecule is CC(C)C(=O)[C@H](N)CCCn1ccnc1N. The van der Waals surface area contributed by atoms with Gasteiger partial charge in [-0.05, 0) is 12.8 Å². The predicted molar refractivity (Wildman–Crippen MR) is 63.7 cm³/mol. The minimum absolute atomic E-state index is 0.00770. The molecule has 1 rings (SSSR count). The molecule has 0 aliphatic carbocycles. The molecule has 1 heterocycles. The smallest absolute Gasteiger partial charge is 0.200 e. The fourth-order valence-corrected chi connectivity index (χ4v) is 1.58. The zero-order valence-electron chi connectivity index (χ0n) is 9.89. The summed E-state index contributed by atoms with van der Waals surface area (Å²) in [7, 11) is 0. The highest BCUT2D eigenvalue weighted by Crippen LogP contribution is 2.07. The van der Waals surface area contributed by atoms with E-state index < -0.39 is 0 Å². The minimum atomic E-state index is -0.357. The molecule has 0 saturated carbocycles. The lowest BCUT2D eigenvalue weighted by molar-refractivity contribution is -0.123. The number of nitrogens with two attached hydrogens (primary N) is 2. The maximum Gasteiger partial charge on any atom is 0.200 e. The highest BCUT2D eigenvalue weighted by molar-refractivity contribution is 5.85. The summed E-state index contributed by atoms with van der Waals surface area (Å²) >= 11 is 0. The van der Waals surface area contributed by atoms with Crippen molar-refractivity contribution in [3.63, 3.8) is 0 Å². The molecule has 16 heavy (non-hydrogen) atoms. The molecule has 90 valence electrons. The second-order valence-corrected chi connectivity index (χ2v) is 4.28. The quantitative estimate of drug-likeness (QED) is 0.748. The Kier molecular flexibility index (Phi) is 4.49. The van der Waals surface area contributed by atoms with Crippen LogP contribution in [0.1, 0.15) is 26.7 Å². The van der Waals surface area contributed by atoms with Crippen molar-refractivity contribution in [2.45, 2.75) is 39.3 Å². The van der Waals surface area contributed by atoms with Gasteiger partial charge >= 0.3 is 0 Å². The van der Waals surface area contributed by atoms with E-state index in [4.69, 9.17) is 11.5 Å². The van der Waals surface area contributed by atoms with Gasteiger partial charge < -0.3 is 16.0 Å². The topological polar surface area (TPSA) is 86.9 Å².